The van der Waals surface area contributed by atoms with Gasteiger partial charge >= 0.3 is 0 Å². The molecular weight excluding hydrogens is 232 g/mol. The van der Waals surface area contributed by atoms with Gasteiger partial charge in [-0.3, -0.25) is 0 Å². The first-order chi connectivity index (χ1) is 8.22. The van der Waals surface area contributed by atoms with Gasteiger partial charge in [-0.15, -0.1) is 11.3 Å². The molecule has 0 saturated heterocycles. The third-order valence-corrected chi connectivity index (χ3v) is 3.58. The molecule has 0 bridgehead atoms. The van der Waals surface area contributed by atoms with Crippen molar-refractivity contribution >= 4 is 17.3 Å². The van der Waals surface area contributed by atoms with Crippen molar-refractivity contribution < 1.29 is 0 Å². The average Bonchev–Trinajstić information content (AvgIpc) is 2.96. The van der Waals surface area contributed by atoms with Crippen LogP contribution in [0.2, 0.25) is 0 Å². The predicted octanol–water partition coefficient (Wildman–Crippen LogP) is 3.48. The molecule has 0 saturated carbocycles. The van der Waals surface area contributed by atoms with Crippen LogP contribution in [0.5, 0.6) is 0 Å². The van der Waals surface area contributed by atoms with E-state index in [1.165, 1.54) is 0 Å². The van der Waals surface area contributed by atoms with Gasteiger partial charge in [0.1, 0.15) is 5.01 Å². The summed E-state index contributed by atoms with van der Waals surface area (Å²) in [5, 5.41) is 6.59. The van der Waals surface area contributed by atoms with Gasteiger partial charge < -0.3 is 9.88 Å². The molecule has 0 aliphatic carbocycles. The topological polar surface area (TPSA) is 42.7 Å². The molecule has 4 nitrogen and oxygen atoms in total. The maximum absolute atomic E-state index is 4.36. The van der Waals surface area contributed by atoms with Crippen molar-refractivity contribution in [2.24, 2.45) is 0 Å². The maximum Gasteiger partial charge on any atom is 0.203 e. The fourth-order valence-corrected chi connectivity index (χ4v) is 2.52. The molecule has 1 atom stereocenters. The average molecular weight is 250 g/mol. The standard InChI is InChI=1S/C12H18N4S/c1-4-10(11-13-6-8-17-11)15-12-14-5-7-16(12)9(2)3/h5-10H,4H2,1-3H3,(H,14,15). The van der Waals surface area contributed by atoms with Crippen molar-refractivity contribution in [3.05, 3.63) is 29.0 Å². The van der Waals surface area contributed by atoms with E-state index in [9.17, 15) is 0 Å². The van der Waals surface area contributed by atoms with Gasteiger partial charge in [0.2, 0.25) is 5.95 Å². The number of imidazole rings is 1. The minimum atomic E-state index is 0.245. The lowest BCUT2D eigenvalue weighted by Crippen LogP contribution is -2.14. The van der Waals surface area contributed by atoms with Crippen LogP contribution in [0.1, 0.15) is 44.3 Å². The lowest BCUT2D eigenvalue weighted by atomic mass is 10.2. The highest BCUT2D eigenvalue weighted by molar-refractivity contribution is 7.09. The number of nitrogens with zero attached hydrogens (tertiary/aromatic N) is 3. The van der Waals surface area contributed by atoms with E-state index in [4.69, 9.17) is 0 Å². The van der Waals surface area contributed by atoms with Gasteiger partial charge in [-0.05, 0) is 20.3 Å². The monoisotopic (exact) mass is 250 g/mol. The van der Waals surface area contributed by atoms with Crippen LogP contribution in [-0.2, 0) is 0 Å². The highest BCUT2D eigenvalue weighted by Crippen LogP contribution is 2.24. The van der Waals surface area contributed by atoms with E-state index in [1.807, 2.05) is 24.0 Å². The summed E-state index contributed by atoms with van der Waals surface area (Å²) in [7, 11) is 0. The number of hydrogen-bond acceptors (Lipinski definition) is 4. The molecule has 0 aromatic carbocycles. The molecule has 92 valence electrons. The summed E-state index contributed by atoms with van der Waals surface area (Å²) >= 11 is 1.68. The minimum Gasteiger partial charge on any atom is -0.346 e. The number of thiazole rings is 1. The van der Waals surface area contributed by atoms with Crippen LogP contribution in [0.3, 0.4) is 0 Å². The molecule has 5 heteroatoms. The molecule has 0 spiro atoms. The maximum atomic E-state index is 4.36. The fourth-order valence-electron chi connectivity index (χ4n) is 1.74. The zero-order chi connectivity index (χ0) is 12.3. The molecule has 1 unspecified atom stereocenters. The number of anilines is 1. The van der Waals surface area contributed by atoms with Gasteiger partial charge in [-0.1, -0.05) is 6.92 Å². The third kappa shape index (κ3) is 2.66. The quantitative estimate of drug-likeness (QED) is 0.883. The molecule has 1 N–H and O–H groups in total. The number of hydrogen-bond donors (Lipinski definition) is 1. The van der Waals surface area contributed by atoms with Crippen LogP contribution < -0.4 is 5.32 Å². The van der Waals surface area contributed by atoms with Gasteiger partial charge in [0.15, 0.2) is 0 Å². The second-order valence-electron chi connectivity index (χ2n) is 4.23. The minimum absolute atomic E-state index is 0.245. The normalized spacial score (nSPS) is 12.9. The lowest BCUT2D eigenvalue weighted by Gasteiger charge is -2.18. The Balaban J connectivity index is 2.16. The Morgan fingerprint density at radius 1 is 1.35 bits per heavy atom. The van der Waals surface area contributed by atoms with Crippen LogP contribution in [0.15, 0.2) is 24.0 Å². The largest absolute Gasteiger partial charge is 0.346 e. The molecule has 2 aromatic rings. The van der Waals surface area contributed by atoms with Crippen LogP contribution >= 0.6 is 11.3 Å². The van der Waals surface area contributed by atoms with Crippen LogP contribution in [-0.4, -0.2) is 14.5 Å². The van der Waals surface area contributed by atoms with E-state index in [0.717, 1.165) is 17.4 Å². The van der Waals surface area contributed by atoms with Crippen molar-refractivity contribution in [1.82, 2.24) is 14.5 Å². The Morgan fingerprint density at radius 3 is 2.76 bits per heavy atom. The number of aromatic nitrogens is 3. The van der Waals surface area contributed by atoms with Gasteiger partial charge in [-0.25, -0.2) is 9.97 Å². The van der Waals surface area contributed by atoms with Crippen molar-refractivity contribution in [2.45, 2.75) is 39.3 Å². The highest BCUT2D eigenvalue weighted by atomic mass is 32.1. The summed E-state index contributed by atoms with van der Waals surface area (Å²) in [4.78, 5) is 8.73. The van der Waals surface area contributed by atoms with Crippen molar-refractivity contribution in [1.29, 1.82) is 0 Å². The number of nitrogens with one attached hydrogen (secondary N) is 1. The smallest absolute Gasteiger partial charge is 0.203 e. The lowest BCUT2D eigenvalue weighted by molar-refractivity contribution is 0.595. The molecular formula is C12H18N4S. The van der Waals surface area contributed by atoms with Gasteiger partial charge in [0.05, 0.1) is 6.04 Å². The molecule has 2 rings (SSSR count). The van der Waals surface area contributed by atoms with Crippen molar-refractivity contribution in [2.75, 3.05) is 5.32 Å². The summed E-state index contributed by atoms with van der Waals surface area (Å²) in [6, 6.07) is 0.656. The fraction of sp³-hybridized carbons (Fsp3) is 0.500. The van der Waals surface area contributed by atoms with Gasteiger partial charge in [-0.2, -0.15) is 0 Å². The Labute approximate surface area is 106 Å². The molecule has 2 heterocycles. The Bertz CT molecular complexity index is 447. The van der Waals surface area contributed by atoms with E-state index < -0.39 is 0 Å². The Kier molecular flexibility index (Phi) is 3.78. The first kappa shape index (κ1) is 12.1. The Hall–Kier alpha value is -1.36. The van der Waals surface area contributed by atoms with Gasteiger partial charge in [0.25, 0.3) is 0 Å². The summed E-state index contributed by atoms with van der Waals surface area (Å²) in [6.45, 7) is 6.45. The van der Waals surface area contributed by atoms with E-state index in [1.54, 1.807) is 11.3 Å². The van der Waals surface area contributed by atoms with Crippen LogP contribution in [0.4, 0.5) is 5.95 Å². The van der Waals surface area contributed by atoms with Crippen molar-refractivity contribution in [3.63, 3.8) is 0 Å². The van der Waals surface area contributed by atoms with E-state index >= 15 is 0 Å². The third-order valence-electron chi connectivity index (χ3n) is 2.69. The SMILES string of the molecule is CCC(Nc1nccn1C(C)C)c1nccs1. The molecule has 17 heavy (non-hydrogen) atoms. The first-order valence-electron chi connectivity index (χ1n) is 5.91. The summed E-state index contributed by atoms with van der Waals surface area (Å²) in [5.41, 5.74) is 0. The van der Waals surface area contributed by atoms with Crippen LogP contribution in [0.25, 0.3) is 0 Å². The first-order valence-corrected chi connectivity index (χ1v) is 6.79. The molecule has 2 aromatic heterocycles. The summed E-state index contributed by atoms with van der Waals surface area (Å²) in [5.74, 6) is 0.919. The summed E-state index contributed by atoms with van der Waals surface area (Å²) < 4.78 is 2.14. The predicted molar refractivity (Wildman–Crippen MR) is 71.4 cm³/mol. The molecule has 0 aliphatic rings. The number of rotatable bonds is 5. The zero-order valence-electron chi connectivity index (χ0n) is 10.4. The van der Waals surface area contributed by atoms with E-state index in [0.29, 0.717) is 6.04 Å². The second-order valence-corrected chi connectivity index (χ2v) is 5.15. The van der Waals surface area contributed by atoms with E-state index in [-0.39, 0.29) is 6.04 Å². The Morgan fingerprint density at radius 2 is 2.18 bits per heavy atom. The molecule has 0 amide bonds. The molecule has 0 radical (unpaired) electrons. The molecule has 0 fully saturated rings. The second kappa shape index (κ2) is 5.31. The van der Waals surface area contributed by atoms with Crippen molar-refractivity contribution in [3.8, 4) is 0 Å². The van der Waals surface area contributed by atoms with Gasteiger partial charge in [0, 0.05) is 30.0 Å². The van der Waals surface area contributed by atoms with E-state index in [2.05, 4.69) is 40.6 Å². The highest BCUT2D eigenvalue weighted by Gasteiger charge is 2.15. The molecule has 0 aliphatic heterocycles. The summed E-state index contributed by atoms with van der Waals surface area (Å²) in [6.07, 6.45) is 6.68. The van der Waals surface area contributed by atoms with Crippen LogP contribution in [0, 0.1) is 0 Å². The zero-order valence-corrected chi connectivity index (χ0v) is 11.2.